The van der Waals surface area contributed by atoms with Gasteiger partial charge in [0, 0.05) is 6.04 Å². The molecule has 0 saturated heterocycles. The minimum Gasteiger partial charge on any atom is -0.492 e. The minimum absolute atomic E-state index is 0.113. The van der Waals surface area contributed by atoms with Crippen LogP contribution in [0.3, 0.4) is 0 Å². The van der Waals surface area contributed by atoms with E-state index in [9.17, 15) is 0 Å². The summed E-state index contributed by atoms with van der Waals surface area (Å²) in [5.41, 5.74) is 1.39. The number of ether oxygens (including phenoxy) is 1. The molecule has 2 heteroatoms. The van der Waals surface area contributed by atoms with E-state index in [1.54, 1.807) is 0 Å². The zero-order valence-electron chi connectivity index (χ0n) is 13.3. The van der Waals surface area contributed by atoms with Crippen molar-refractivity contribution >= 4 is 0 Å². The Hall–Kier alpha value is -1.02. The third-order valence-electron chi connectivity index (χ3n) is 3.38. The first kappa shape index (κ1) is 16.0. The third kappa shape index (κ3) is 4.87. The molecule has 0 bridgehead atoms. The van der Waals surface area contributed by atoms with Gasteiger partial charge in [-0.05, 0) is 29.5 Å². The summed E-state index contributed by atoms with van der Waals surface area (Å²) in [5.74, 6) is 1.58. The maximum Gasteiger partial charge on any atom is 0.123 e. The van der Waals surface area contributed by atoms with Gasteiger partial charge in [-0.25, -0.2) is 0 Å². The van der Waals surface area contributed by atoms with Crippen molar-refractivity contribution in [1.82, 2.24) is 5.32 Å². The largest absolute Gasteiger partial charge is 0.492 e. The monoisotopic (exact) mass is 263 g/mol. The van der Waals surface area contributed by atoms with Gasteiger partial charge in [-0.2, -0.15) is 0 Å². The molecule has 0 radical (unpaired) electrons. The van der Waals surface area contributed by atoms with Gasteiger partial charge in [-0.1, -0.05) is 59.7 Å². The summed E-state index contributed by atoms with van der Waals surface area (Å²) in [6.45, 7) is 15.0. The van der Waals surface area contributed by atoms with Gasteiger partial charge in [0.05, 0.1) is 0 Å². The van der Waals surface area contributed by atoms with Crippen LogP contribution >= 0.6 is 0 Å². The molecule has 1 aromatic rings. The highest BCUT2D eigenvalue weighted by Crippen LogP contribution is 2.31. The molecule has 2 nitrogen and oxygen atoms in total. The van der Waals surface area contributed by atoms with E-state index in [4.69, 9.17) is 4.74 Å². The van der Waals surface area contributed by atoms with Crippen molar-refractivity contribution in [2.75, 3.05) is 13.2 Å². The predicted molar refractivity (Wildman–Crippen MR) is 82.9 cm³/mol. The van der Waals surface area contributed by atoms with E-state index in [1.165, 1.54) is 5.56 Å². The Morgan fingerprint density at radius 3 is 2.32 bits per heavy atom. The Balaban J connectivity index is 2.77. The van der Waals surface area contributed by atoms with Gasteiger partial charge < -0.3 is 10.1 Å². The molecule has 0 aromatic heterocycles. The number of hydrogen-bond donors (Lipinski definition) is 1. The topological polar surface area (TPSA) is 21.3 Å². The summed E-state index contributed by atoms with van der Waals surface area (Å²) in [7, 11) is 0. The van der Waals surface area contributed by atoms with Crippen LogP contribution in [0.5, 0.6) is 5.75 Å². The first-order chi connectivity index (χ1) is 8.86. The van der Waals surface area contributed by atoms with Crippen LogP contribution in [0.2, 0.25) is 0 Å². The number of rotatable bonds is 6. The zero-order valence-corrected chi connectivity index (χ0v) is 13.3. The Labute approximate surface area is 118 Å². The van der Waals surface area contributed by atoms with Gasteiger partial charge in [0.25, 0.3) is 0 Å². The SMILES string of the molecule is CCNC(COc1ccccc1C(C)(C)C)C(C)C. The zero-order chi connectivity index (χ0) is 14.5. The predicted octanol–water partition coefficient (Wildman–Crippen LogP) is 4.00. The molecule has 0 spiro atoms. The van der Waals surface area contributed by atoms with Gasteiger partial charge in [0.15, 0.2) is 0 Å². The fourth-order valence-electron chi connectivity index (χ4n) is 2.14. The average molecular weight is 263 g/mol. The lowest BCUT2D eigenvalue weighted by Gasteiger charge is -2.26. The molecular formula is C17H29NO. The van der Waals surface area contributed by atoms with E-state index >= 15 is 0 Å². The second-order valence-electron chi connectivity index (χ2n) is 6.47. The first-order valence-corrected chi connectivity index (χ1v) is 7.32. The molecule has 1 aromatic carbocycles. The van der Waals surface area contributed by atoms with Crippen LogP contribution in [-0.4, -0.2) is 19.2 Å². The summed E-state index contributed by atoms with van der Waals surface area (Å²) < 4.78 is 6.08. The third-order valence-corrected chi connectivity index (χ3v) is 3.38. The molecule has 1 N–H and O–H groups in total. The van der Waals surface area contributed by atoms with Crippen molar-refractivity contribution in [2.24, 2.45) is 5.92 Å². The van der Waals surface area contributed by atoms with Crippen molar-refractivity contribution in [3.05, 3.63) is 29.8 Å². The van der Waals surface area contributed by atoms with Crippen molar-refractivity contribution < 1.29 is 4.74 Å². The molecule has 0 fully saturated rings. The highest BCUT2D eigenvalue weighted by molar-refractivity contribution is 5.38. The molecule has 0 aliphatic carbocycles. The van der Waals surface area contributed by atoms with Crippen LogP contribution in [0.25, 0.3) is 0 Å². The fraction of sp³-hybridized carbons (Fsp3) is 0.647. The smallest absolute Gasteiger partial charge is 0.123 e. The summed E-state index contributed by atoms with van der Waals surface area (Å²) in [6.07, 6.45) is 0. The lowest BCUT2D eigenvalue weighted by Crippen LogP contribution is -2.39. The van der Waals surface area contributed by atoms with Crippen LogP contribution in [0.15, 0.2) is 24.3 Å². The van der Waals surface area contributed by atoms with E-state index in [-0.39, 0.29) is 5.41 Å². The van der Waals surface area contributed by atoms with Crippen molar-refractivity contribution in [2.45, 2.75) is 53.0 Å². The maximum atomic E-state index is 6.08. The van der Waals surface area contributed by atoms with Gasteiger partial charge in [0.1, 0.15) is 12.4 Å². The molecule has 108 valence electrons. The van der Waals surface area contributed by atoms with Crippen LogP contribution in [-0.2, 0) is 5.41 Å². The number of para-hydroxylation sites is 1. The maximum absolute atomic E-state index is 6.08. The molecule has 0 aliphatic heterocycles. The Kier molecular flexibility index (Phi) is 5.86. The van der Waals surface area contributed by atoms with E-state index < -0.39 is 0 Å². The molecule has 0 amide bonds. The van der Waals surface area contributed by atoms with Gasteiger partial charge in [-0.15, -0.1) is 0 Å². The number of nitrogens with one attached hydrogen (secondary N) is 1. The molecular weight excluding hydrogens is 234 g/mol. The highest BCUT2D eigenvalue weighted by Gasteiger charge is 2.19. The molecule has 1 rings (SSSR count). The molecule has 0 aliphatic rings. The summed E-state index contributed by atoms with van der Waals surface area (Å²) >= 11 is 0. The minimum atomic E-state index is 0.113. The number of hydrogen-bond acceptors (Lipinski definition) is 2. The van der Waals surface area contributed by atoms with Gasteiger partial charge in [-0.3, -0.25) is 0 Å². The van der Waals surface area contributed by atoms with Gasteiger partial charge in [0.2, 0.25) is 0 Å². The first-order valence-electron chi connectivity index (χ1n) is 7.32. The molecule has 0 heterocycles. The van der Waals surface area contributed by atoms with Crippen LogP contribution in [0.1, 0.15) is 47.1 Å². The van der Waals surface area contributed by atoms with Crippen molar-refractivity contribution in [1.29, 1.82) is 0 Å². The number of likely N-dealkylation sites (N-methyl/N-ethyl adjacent to an activating group) is 1. The lowest BCUT2D eigenvalue weighted by atomic mass is 9.86. The Morgan fingerprint density at radius 2 is 1.79 bits per heavy atom. The highest BCUT2D eigenvalue weighted by atomic mass is 16.5. The van der Waals surface area contributed by atoms with E-state index in [0.29, 0.717) is 12.0 Å². The molecule has 1 atom stereocenters. The van der Waals surface area contributed by atoms with E-state index in [2.05, 4.69) is 65.1 Å². The van der Waals surface area contributed by atoms with Crippen LogP contribution in [0, 0.1) is 5.92 Å². The summed E-state index contributed by atoms with van der Waals surface area (Å²) in [6, 6.07) is 8.76. The molecule has 19 heavy (non-hydrogen) atoms. The second-order valence-corrected chi connectivity index (χ2v) is 6.47. The Morgan fingerprint density at radius 1 is 1.16 bits per heavy atom. The molecule has 1 unspecified atom stereocenters. The summed E-state index contributed by atoms with van der Waals surface area (Å²) in [5, 5.41) is 3.49. The quantitative estimate of drug-likeness (QED) is 0.837. The van der Waals surface area contributed by atoms with E-state index in [1.807, 2.05) is 6.07 Å². The van der Waals surface area contributed by atoms with Gasteiger partial charge >= 0.3 is 0 Å². The second kappa shape index (κ2) is 6.95. The average Bonchev–Trinajstić information content (AvgIpc) is 2.33. The van der Waals surface area contributed by atoms with E-state index in [0.717, 1.165) is 18.9 Å². The standard InChI is InChI=1S/C17H29NO/c1-7-18-15(13(2)3)12-19-16-11-9-8-10-14(16)17(4,5)6/h8-11,13,15,18H,7,12H2,1-6H3. The van der Waals surface area contributed by atoms with Crippen molar-refractivity contribution in [3.63, 3.8) is 0 Å². The fourth-order valence-corrected chi connectivity index (χ4v) is 2.14. The number of benzene rings is 1. The van der Waals surface area contributed by atoms with Crippen LogP contribution < -0.4 is 10.1 Å². The normalized spacial score (nSPS) is 13.6. The molecule has 0 saturated carbocycles. The van der Waals surface area contributed by atoms with Crippen molar-refractivity contribution in [3.8, 4) is 5.75 Å². The Bertz CT molecular complexity index is 379. The van der Waals surface area contributed by atoms with Crippen LogP contribution in [0.4, 0.5) is 0 Å². The lowest BCUT2D eigenvalue weighted by molar-refractivity contribution is 0.228. The summed E-state index contributed by atoms with van der Waals surface area (Å²) in [4.78, 5) is 0.